The van der Waals surface area contributed by atoms with Crippen LogP contribution < -0.4 is 5.32 Å². The van der Waals surface area contributed by atoms with Crippen molar-refractivity contribution >= 4 is 16.8 Å². The van der Waals surface area contributed by atoms with Crippen LogP contribution in [0.4, 0.5) is 4.39 Å². The highest BCUT2D eigenvalue weighted by Gasteiger charge is 2.40. The molecule has 2 aromatic carbocycles. The first kappa shape index (κ1) is 19.2. The Labute approximate surface area is 175 Å². The van der Waals surface area contributed by atoms with Crippen LogP contribution in [0.25, 0.3) is 10.9 Å². The summed E-state index contributed by atoms with van der Waals surface area (Å²) in [6, 6.07) is 16.9. The lowest BCUT2D eigenvalue weighted by molar-refractivity contribution is 0.0495. The van der Waals surface area contributed by atoms with Crippen molar-refractivity contribution in [2.24, 2.45) is 0 Å². The highest BCUT2D eigenvalue weighted by atomic mass is 19.1. The number of pyridine rings is 1. The molecule has 1 amide bonds. The molecule has 5 nitrogen and oxygen atoms in total. The topological polar surface area (TPSA) is 48.5 Å². The fourth-order valence-corrected chi connectivity index (χ4v) is 4.77. The zero-order chi connectivity index (χ0) is 20.5. The van der Waals surface area contributed by atoms with Crippen LogP contribution in [0.5, 0.6) is 0 Å². The third-order valence-electron chi connectivity index (χ3n) is 6.29. The molecule has 0 radical (unpaired) electrons. The first-order valence-electron chi connectivity index (χ1n) is 10.5. The minimum atomic E-state index is -0.244. The van der Waals surface area contributed by atoms with Crippen LogP contribution in [0.2, 0.25) is 0 Å². The number of carbonyl (C=O) groups excluding carboxylic acids is 1. The molecule has 3 aromatic rings. The number of amides is 1. The lowest BCUT2D eigenvalue weighted by Crippen LogP contribution is -2.57. The highest BCUT2D eigenvalue weighted by Crippen LogP contribution is 2.26. The number of rotatable bonds is 5. The van der Waals surface area contributed by atoms with Crippen molar-refractivity contribution in [3.05, 3.63) is 77.7 Å². The maximum atomic E-state index is 14.0. The number of nitrogens with zero attached hydrogens (tertiary/aromatic N) is 3. The smallest absolute Gasteiger partial charge is 0.254 e. The number of hydrogen-bond donors (Lipinski definition) is 1. The van der Waals surface area contributed by atoms with E-state index in [1.54, 1.807) is 12.3 Å². The zero-order valence-electron chi connectivity index (χ0n) is 16.8. The normalized spacial score (nSPS) is 23.1. The Morgan fingerprint density at radius 3 is 2.87 bits per heavy atom. The van der Waals surface area contributed by atoms with Crippen molar-refractivity contribution in [3.63, 3.8) is 0 Å². The van der Waals surface area contributed by atoms with Gasteiger partial charge in [-0.25, -0.2) is 4.39 Å². The average Bonchev–Trinajstić information content (AvgIpc) is 3.19. The standard InChI is InChI=1S/C24H25FN4O/c25-20-11-18-7-4-9-27-23(18)19(12-20)13-26-14-22-16-29(21-8-10-28(22)15-21)24(30)17-5-2-1-3-6-17/h1-7,9,11-12,21-22,26H,8,10,13-16H2/t21-,22-/m0/s1. The van der Waals surface area contributed by atoms with Crippen LogP contribution in [0.15, 0.2) is 60.8 Å². The molecule has 2 fully saturated rings. The molecule has 5 rings (SSSR count). The fraction of sp³-hybridized carbons (Fsp3) is 0.333. The number of aromatic nitrogens is 1. The second-order valence-corrected chi connectivity index (χ2v) is 8.19. The van der Waals surface area contributed by atoms with Crippen LogP contribution in [-0.2, 0) is 6.54 Å². The average molecular weight is 404 g/mol. The summed E-state index contributed by atoms with van der Waals surface area (Å²) in [6.45, 7) is 3.95. The Kier molecular flexibility index (Phi) is 5.19. The van der Waals surface area contributed by atoms with E-state index < -0.39 is 0 Å². The number of carbonyl (C=O) groups is 1. The minimum absolute atomic E-state index is 0.118. The van der Waals surface area contributed by atoms with Crippen LogP contribution in [0, 0.1) is 5.82 Å². The molecule has 2 aliphatic heterocycles. The first-order chi connectivity index (χ1) is 14.7. The van der Waals surface area contributed by atoms with Crippen LogP contribution in [0.3, 0.4) is 0 Å². The van der Waals surface area contributed by atoms with Crippen molar-refractivity contribution in [1.82, 2.24) is 20.1 Å². The van der Waals surface area contributed by atoms with E-state index in [0.29, 0.717) is 19.1 Å². The third kappa shape index (κ3) is 3.68. The number of benzene rings is 2. The van der Waals surface area contributed by atoms with Gasteiger partial charge in [-0.3, -0.25) is 14.7 Å². The molecular formula is C24H25FN4O. The minimum Gasteiger partial charge on any atom is -0.333 e. The summed E-state index contributed by atoms with van der Waals surface area (Å²) in [5, 5.41) is 4.30. The largest absolute Gasteiger partial charge is 0.333 e. The molecule has 3 atom stereocenters. The predicted octanol–water partition coefficient (Wildman–Crippen LogP) is 3.06. The highest BCUT2D eigenvalue weighted by molar-refractivity contribution is 5.94. The monoisotopic (exact) mass is 404 g/mol. The summed E-state index contributed by atoms with van der Waals surface area (Å²) in [5.74, 6) is -0.126. The molecule has 2 bridgehead atoms. The van der Waals surface area contributed by atoms with Gasteiger partial charge in [0.05, 0.1) is 5.52 Å². The van der Waals surface area contributed by atoms with E-state index in [-0.39, 0.29) is 17.8 Å². The van der Waals surface area contributed by atoms with Crippen molar-refractivity contribution < 1.29 is 9.18 Å². The Hall–Kier alpha value is -2.83. The predicted molar refractivity (Wildman–Crippen MR) is 115 cm³/mol. The van der Waals surface area contributed by atoms with Gasteiger partial charge in [-0.05, 0) is 42.3 Å². The summed E-state index contributed by atoms with van der Waals surface area (Å²) in [5.41, 5.74) is 2.44. The molecule has 1 unspecified atom stereocenters. The van der Waals surface area contributed by atoms with Crippen molar-refractivity contribution in [2.45, 2.75) is 25.0 Å². The number of fused-ring (bicyclic) bond motifs is 3. The zero-order valence-corrected chi connectivity index (χ0v) is 16.8. The maximum Gasteiger partial charge on any atom is 0.254 e. The van der Waals surface area contributed by atoms with Gasteiger partial charge in [-0.2, -0.15) is 0 Å². The second kappa shape index (κ2) is 8.13. The second-order valence-electron chi connectivity index (χ2n) is 8.19. The summed E-state index contributed by atoms with van der Waals surface area (Å²) >= 11 is 0. The number of nitrogens with one attached hydrogen (secondary N) is 1. The summed E-state index contributed by atoms with van der Waals surface area (Å²) in [6.07, 6.45) is 2.76. The molecule has 0 aliphatic carbocycles. The van der Waals surface area contributed by atoms with Gasteiger partial charge >= 0.3 is 0 Å². The van der Waals surface area contributed by atoms with E-state index in [2.05, 4.69) is 15.2 Å². The number of piperazine rings is 1. The summed E-state index contributed by atoms with van der Waals surface area (Å²) < 4.78 is 14.0. The third-order valence-corrected chi connectivity index (χ3v) is 6.29. The van der Waals surface area contributed by atoms with E-state index in [4.69, 9.17) is 0 Å². The maximum absolute atomic E-state index is 14.0. The van der Waals surface area contributed by atoms with Crippen LogP contribution in [0.1, 0.15) is 22.3 Å². The number of halogens is 1. The lowest BCUT2D eigenvalue weighted by Gasteiger charge is -2.40. The first-order valence-corrected chi connectivity index (χ1v) is 10.5. The molecule has 0 spiro atoms. The Morgan fingerprint density at radius 2 is 2.00 bits per heavy atom. The van der Waals surface area contributed by atoms with Crippen molar-refractivity contribution in [3.8, 4) is 0 Å². The van der Waals surface area contributed by atoms with E-state index in [1.165, 1.54) is 6.07 Å². The Balaban J connectivity index is 1.27. The summed E-state index contributed by atoms with van der Waals surface area (Å²) in [4.78, 5) is 22.0. The lowest BCUT2D eigenvalue weighted by atomic mass is 10.1. The van der Waals surface area contributed by atoms with Gasteiger partial charge in [-0.15, -0.1) is 0 Å². The molecule has 3 heterocycles. The van der Waals surface area contributed by atoms with E-state index in [9.17, 15) is 9.18 Å². The Bertz CT molecular complexity index is 1060. The molecule has 154 valence electrons. The van der Waals surface area contributed by atoms with Gasteiger partial charge < -0.3 is 10.2 Å². The SMILES string of the molecule is O=C(c1ccccc1)N1C[C@H](CNCc2cc(F)cc3cccnc23)N2CC[C@H]1C2. The van der Waals surface area contributed by atoms with E-state index in [1.807, 2.05) is 47.4 Å². The fourth-order valence-electron chi connectivity index (χ4n) is 4.77. The van der Waals surface area contributed by atoms with Crippen molar-refractivity contribution in [2.75, 3.05) is 26.2 Å². The molecule has 0 saturated carbocycles. The van der Waals surface area contributed by atoms with Gasteiger partial charge in [-0.1, -0.05) is 24.3 Å². The van der Waals surface area contributed by atoms with Crippen LogP contribution in [-0.4, -0.2) is 59.0 Å². The number of hydrogen-bond acceptors (Lipinski definition) is 4. The molecule has 1 aromatic heterocycles. The van der Waals surface area contributed by atoms with Gasteiger partial charge in [0.25, 0.3) is 5.91 Å². The summed E-state index contributed by atoms with van der Waals surface area (Å²) in [7, 11) is 0. The van der Waals surface area contributed by atoms with Gasteiger partial charge in [0.1, 0.15) is 5.82 Å². The molecule has 6 heteroatoms. The Morgan fingerprint density at radius 1 is 1.13 bits per heavy atom. The molecule has 2 saturated heterocycles. The van der Waals surface area contributed by atoms with Gasteiger partial charge in [0.2, 0.25) is 0 Å². The molecule has 1 N–H and O–H groups in total. The van der Waals surface area contributed by atoms with E-state index >= 15 is 0 Å². The van der Waals surface area contributed by atoms with Gasteiger partial charge in [0, 0.05) is 62.0 Å². The quantitative estimate of drug-likeness (QED) is 0.710. The van der Waals surface area contributed by atoms with Gasteiger partial charge in [0.15, 0.2) is 0 Å². The molecule has 2 aliphatic rings. The van der Waals surface area contributed by atoms with Crippen molar-refractivity contribution in [1.29, 1.82) is 0 Å². The van der Waals surface area contributed by atoms with E-state index in [0.717, 1.165) is 48.1 Å². The van der Waals surface area contributed by atoms with Crippen LogP contribution >= 0.6 is 0 Å². The molecule has 30 heavy (non-hydrogen) atoms. The molecular weight excluding hydrogens is 379 g/mol.